The minimum atomic E-state index is -0.334. The molecule has 0 aliphatic heterocycles. The Morgan fingerprint density at radius 3 is 2.71 bits per heavy atom. The van der Waals surface area contributed by atoms with Crippen LogP contribution in [-0.4, -0.2) is 4.92 Å². The summed E-state index contributed by atoms with van der Waals surface area (Å²) in [7, 11) is 0. The van der Waals surface area contributed by atoms with Crippen LogP contribution in [0.1, 0.15) is 30.3 Å². The van der Waals surface area contributed by atoms with Gasteiger partial charge in [0.25, 0.3) is 5.69 Å². The lowest BCUT2D eigenvalue weighted by molar-refractivity contribution is -0.385. The van der Waals surface area contributed by atoms with Crippen LogP contribution in [0.2, 0.25) is 0 Å². The van der Waals surface area contributed by atoms with E-state index in [0.29, 0.717) is 18.0 Å². The van der Waals surface area contributed by atoms with E-state index >= 15 is 0 Å². The minimum Gasteiger partial charge on any atom is -0.305 e. The van der Waals surface area contributed by atoms with Crippen LogP contribution in [0.25, 0.3) is 0 Å². The van der Waals surface area contributed by atoms with Crippen molar-refractivity contribution < 1.29 is 4.92 Å². The van der Waals surface area contributed by atoms with Crippen LogP contribution >= 0.6 is 27.3 Å². The van der Waals surface area contributed by atoms with Crippen molar-refractivity contribution in [3.63, 3.8) is 0 Å². The van der Waals surface area contributed by atoms with Crippen molar-refractivity contribution in [3.05, 3.63) is 60.7 Å². The molecule has 0 saturated carbocycles. The van der Waals surface area contributed by atoms with Crippen molar-refractivity contribution in [3.8, 4) is 0 Å². The maximum absolute atomic E-state index is 11.1. The van der Waals surface area contributed by atoms with Crippen molar-refractivity contribution >= 4 is 33.0 Å². The maximum atomic E-state index is 11.1. The Morgan fingerprint density at radius 1 is 1.38 bits per heavy atom. The zero-order valence-corrected chi connectivity index (χ0v) is 14.3. The van der Waals surface area contributed by atoms with Gasteiger partial charge in [-0.2, -0.15) is 0 Å². The van der Waals surface area contributed by atoms with Crippen molar-refractivity contribution in [2.45, 2.75) is 26.4 Å². The van der Waals surface area contributed by atoms with Gasteiger partial charge in [-0.05, 0) is 29.5 Å². The third-order valence-electron chi connectivity index (χ3n) is 3.27. The summed E-state index contributed by atoms with van der Waals surface area (Å²) in [6.45, 7) is 4.76. The molecule has 0 radical (unpaired) electrons. The normalized spacial score (nSPS) is 12.6. The Kier molecular flexibility index (Phi) is 5.50. The van der Waals surface area contributed by atoms with Gasteiger partial charge in [0.1, 0.15) is 0 Å². The molecule has 112 valence electrons. The fraction of sp³-hybridized carbons (Fsp3) is 0.333. The first-order chi connectivity index (χ1) is 9.99. The van der Waals surface area contributed by atoms with E-state index in [2.05, 4.69) is 41.2 Å². The average Bonchev–Trinajstić information content (AvgIpc) is 2.92. The second-order valence-corrected chi connectivity index (χ2v) is 7.04. The monoisotopic (exact) mass is 368 g/mol. The number of nitrogens with zero attached hydrogens (tertiary/aromatic N) is 1. The van der Waals surface area contributed by atoms with E-state index < -0.39 is 0 Å². The van der Waals surface area contributed by atoms with Gasteiger partial charge >= 0.3 is 0 Å². The number of nitro benzene ring substituents is 1. The number of nitro groups is 1. The molecule has 2 rings (SSSR count). The Hall–Kier alpha value is -1.24. The summed E-state index contributed by atoms with van der Waals surface area (Å²) in [6, 6.07) is 9.36. The maximum Gasteiger partial charge on any atom is 0.273 e. The van der Waals surface area contributed by atoms with E-state index in [0.717, 1.165) is 4.47 Å². The van der Waals surface area contributed by atoms with E-state index in [4.69, 9.17) is 0 Å². The number of thiophene rings is 1. The lowest BCUT2D eigenvalue weighted by atomic mass is 10.0. The highest BCUT2D eigenvalue weighted by Crippen LogP contribution is 2.28. The highest BCUT2D eigenvalue weighted by atomic mass is 79.9. The fourth-order valence-electron chi connectivity index (χ4n) is 2.23. The van der Waals surface area contributed by atoms with E-state index in [1.165, 1.54) is 10.9 Å². The third kappa shape index (κ3) is 4.12. The molecule has 2 aromatic rings. The smallest absolute Gasteiger partial charge is 0.273 e. The van der Waals surface area contributed by atoms with Crippen molar-refractivity contribution in [1.82, 2.24) is 5.32 Å². The van der Waals surface area contributed by atoms with Gasteiger partial charge in [0, 0.05) is 33.6 Å². The van der Waals surface area contributed by atoms with Crippen molar-refractivity contribution in [2.24, 2.45) is 5.92 Å². The quantitative estimate of drug-likeness (QED) is 0.582. The molecule has 1 aromatic heterocycles. The first-order valence-electron chi connectivity index (χ1n) is 6.68. The Labute approximate surface area is 136 Å². The molecule has 1 aromatic carbocycles. The summed E-state index contributed by atoms with van der Waals surface area (Å²) < 4.78 is 0.849. The van der Waals surface area contributed by atoms with Gasteiger partial charge in [-0.1, -0.05) is 35.8 Å². The van der Waals surface area contributed by atoms with Gasteiger partial charge < -0.3 is 5.32 Å². The van der Waals surface area contributed by atoms with Crippen LogP contribution in [-0.2, 0) is 6.54 Å². The number of rotatable bonds is 6. The van der Waals surface area contributed by atoms with Gasteiger partial charge in [0.05, 0.1) is 4.92 Å². The van der Waals surface area contributed by atoms with Crippen molar-refractivity contribution in [1.29, 1.82) is 0 Å². The van der Waals surface area contributed by atoms with Gasteiger partial charge in [-0.15, -0.1) is 11.3 Å². The topological polar surface area (TPSA) is 55.2 Å². The largest absolute Gasteiger partial charge is 0.305 e. The standard InChI is InChI=1S/C15H17BrN2O2S/c1-10(2)15(14-4-3-7-21-14)17-9-11-8-12(16)5-6-13(11)18(19)20/h3-8,10,15,17H,9H2,1-2H3. The molecule has 0 saturated heterocycles. The molecule has 0 amide bonds. The van der Waals surface area contributed by atoms with Crippen LogP contribution in [0.5, 0.6) is 0 Å². The first kappa shape index (κ1) is 16.1. The molecular weight excluding hydrogens is 352 g/mol. The molecule has 1 unspecified atom stereocenters. The van der Waals surface area contributed by atoms with Crippen molar-refractivity contribution in [2.75, 3.05) is 0 Å². The summed E-state index contributed by atoms with van der Waals surface area (Å²) in [5.41, 5.74) is 0.843. The highest BCUT2D eigenvalue weighted by Gasteiger charge is 2.19. The molecule has 0 fully saturated rings. The molecule has 1 N–H and O–H groups in total. The molecule has 0 spiro atoms. The van der Waals surface area contributed by atoms with E-state index in [1.54, 1.807) is 23.5 Å². The predicted octanol–water partition coefficient (Wildman–Crippen LogP) is 4.91. The number of nitrogens with one attached hydrogen (secondary N) is 1. The lowest BCUT2D eigenvalue weighted by Crippen LogP contribution is -2.25. The average molecular weight is 369 g/mol. The molecule has 0 bridgehead atoms. The number of halogens is 1. The minimum absolute atomic E-state index is 0.152. The molecule has 21 heavy (non-hydrogen) atoms. The van der Waals surface area contributed by atoms with Crippen LogP contribution in [0, 0.1) is 16.0 Å². The Bertz CT molecular complexity index is 614. The highest BCUT2D eigenvalue weighted by molar-refractivity contribution is 9.10. The van der Waals surface area contributed by atoms with Gasteiger partial charge in [0.2, 0.25) is 0 Å². The second kappa shape index (κ2) is 7.15. The van der Waals surface area contributed by atoms with E-state index in [-0.39, 0.29) is 16.7 Å². The molecule has 1 heterocycles. The molecule has 4 nitrogen and oxygen atoms in total. The zero-order valence-electron chi connectivity index (χ0n) is 11.9. The molecule has 6 heteroatoms. The summed E-state index contributed by atoms with van der Waals surface area (Å²) in [5.74, 6) is 0.412. The van der Waals surface area contributed by atoms with Crippen LogP contribution in [0.4, 0.5) is 5.69 Å². The Morgan fingerprint density at radius 2 is 2.14 bits per heavy atom. The van der Waals surface area contributed by atoms with Gasteiger partial charge in [-0.25, -0.2) is 0 Å². The summed E-state index contributed by atoms with van der Waals surface area (Å²) in [4.78, 5) is 12.0. The molecule has 1 atom stereocenters. The van der Waals surface area contributed by atoms with Crippen LogP contribution in [0.3, 0.4) is 0 Å². The Balaban J connectivity index is 2.18. The van der Waals surface area contributed by atoms with Gasteiger partial charge in [-0.3, -0.25) is 10.1 Å². The van der Waals surface area contributed by atoms with Crippen LogP contribution < -0.4 is 5.32 Å². The third-order valence-corrected chi connectivity index (χ3v) is 4.72. The number of benzene rings is 1. The van der Waals surface area contributed by atoms with E-state index in [9.17, 15) is 10.1 Å². The van der Waals surface area contributed by atoms with Crippen LogP contribution in [0.15, 0.2) is 40.2 Å². The first-order valence-corrected chi connectivity index (χ1v) is 8.36. The number of hydrogen-bond acceptors (Lipinski definition) is 4. The van der Waals surface area contributed by atoms with Gasteiger partial charge in [0.15, 0.2) is 0 Å². The molecule has 0 aliphatic carbocycles. The lowest BCUT2D eigenvalue weighted by Gasteiger charge is -2.21. The SMILES string of the molecule is CC(C)C(NCc1cc(Br)ccc1[N+](=O)[O-])c1cccs1. The predicted molar refractivity (Wildman–Crippen MR) is 89.5 cm³/mol. The fourth-order valence-corrected chi connectivity index (χ4v) is 3.61. The summed E-state index contributed by atoms with van der Waals surface area (Å²) in [5, 5.41) is 16.6. The molecule has 0 aliphatic rings. The second-order valence-electron chi connectivity index (χ2n) is 5.15. The summed E-state index contributed by atoms with van der Waals surface area (Å²) >= 11 is 5.07. The summed E-state index contributed by atoms with van der Waals surface area (Å²) in [6.07, 6.45) is 0. The molecular formula is C15H17BrN2O2S. The zero-order chi connectivity index (χ0) is 15.4. The number of hydrogen-bond donors (Lipinski definition) is 1. The van der Waals surface area contributed by atoms with E-state index in [1.807, 2.05) is 11.4 Å².